The van der Waals surface area contributed by atoms with E-state index in [-0.39, 0.29) is 24.2 Å². The van der Waals surface area contributed by atoms with Gasteiger partial charge in [0.05, 0.1) is 12.7 Å². The molecule has 0 saturated carbocycles. The molecule has 1 atom stereocenters. The summed E-state index contributed by atoms with van der Waals surface area (Å²) in [6, 6.07) is 1.97. The van der Waals surface area contributed by atoms with Crippen LogP contribution < -0.4 is 5.32 Å². The second kappa shape index (κ2) is 8.57. The molecule has 96 valence electrons. The fourth-order valence-electron chi connectivity index (χ4n) is 1.30. The van der Waals surface area contributed by atoms with Crippen molar-refractivity contribution in [3.63, 3.8) is 0 Å². The van der Waals surface area contributed by atoms with Crippen molar-refractivity contribution in [2.45, 2.75) is 33.6 Å². The molecule has 0 aliphatic carbocycles. The molecule has 0 heterocycles. The van der Waals surface area contributed by atoms with E-state index in [9.17, 15) is 9.59 Å². The number of esters is 1. The van der Waals surface area contributed by atoms with E-state index in [1.165, 1.54) is 0 Å². The number of carbonyl (C=O) groups excluding carboxylic acids is 2. The Labute approximate surface area is 102 Å². The molecule has 0 aliphatic rings. The Morgan fingerprint density at radius 1 is 1.41 bits per heavy atom. The first-order valence-electron chi connectivity index (χ1n) is 5.85. The smallest absolute Gasteiger partial charge is 0.305 e. The van der Waals surface area contributed by atoms with Crippen molar-refractivity contribution in [3.05, 3.63) is 0 Å². The lowest BCUT2D eigenvalue weighted by molar-refractivity contribution is -0.143. The Kier molecular flexibility index (Phi) is 7.78. The van der Waals surface area contributed by atoms with Crippen LogP contribution in [0.3, 0.4) is 0 Å². The number of amides is 1. The largest absolute Gasteiger partial charge is 0.466 e. The highest BCUT2D eigenvalue weighted by molar-refractivity contribution is 5.81. The van der Waals surface area contributed by atoms with Crippen LogP contribution >= 0.6 is 0 Å². The molecule has 1 unspecified atom stereocenters. The highest BCUT2D eigenvalue weighted by Crippen LogP contribution is 2.09. The minimum absolute atomic E-state index is 0.00921. The highest BCUT2D eigenvalue weighted by Gasteiger charge is 2.20. The standard InChI is InChI=1S/C12H20N2O3/c1-4-17-11(15)6-5-7-14-12(16)10(8-13)9(2)3/h9-10H,4-7H2,1-3H3,(H,14,16). The van der Waals surface area contributed by atoms with Crippen LogP contribution in [-0.4, -0.2) is 25.0 Å². The number of carbonyl (C=O) groups is 2. The van der Waals surface area contributed by atoms with Gasteiger partial charge in [-0.1, -0.05) is 13.8 Å². The first kappa shape index (κ1) is 15.4. The summed E-state index contributed by atoms with van der Waals surface area (Å²) in [5.41, 5.74) is 0. The van der Waals surface area contributed by atoms with Crippen LogP contribution in [0.4, 0.5) is 0 Å². The molecule has 0 bridgehead atoms. The van der Waals surface area contributed by atoms with Crippen LogP contribution in [-0.2, 0) is 14.3 Å². The summed E-state index contributed by atoms with van der Waals surface area (Å²) in [5, 5.41) is 11.4. The van der Waals surface area contributed by atoms with Crippen LogP contribution in [0.5, 0.6) is 0 Å². The molecular formula is C12H20N2O3. The molecule has 5 heteroatoms. The summed E-state index contributed by atoms with van der Waals surface area (Å²) in [7, 11) is 0. The van der Waals surface area contributed by atoms with E-state index in [4.69, 9.17) is 10.00 Å². The number of nitrogens with zero attached hydrogens (tertiary/aromatic N) is 1. The lowest BCUT2D eigenvalue weighted by Crippen LogP contribution is -2.33. The molecule has 0 aromatic carbocycles. The van der Waals surface area contributed by atoms with Crippen molar-refractivity contribution < 1.29 is 14.3 Å². The Bertz CT molecular complexity index is 295. The van der Waals surface area contributed by atoms with Crippen LogP contribution in [0, 0.1) is 23.2 Å². The quantitative estimate of drug-likeness (QED) is 0.536. The third kappa shape index (κ3) is 6.56. The average Bonchev–Trinajstić information content (AvgIpc) is 2.25. The third-order valence-corrected chi connectivity index (χ3v) is 2.25. The number of ether oxygens (including phenoxy) is 1. The van der Waals surface area contributed by atoms with E-state index >= 15 is 0 Å². The monoisotopic (exact) mass is 240 g/mol. The van der Waals surface area contributed by atoms with Gasteiger partial charge in [0, 0.05) is 13.0 Å². The molecule has 1 N–H and O–H groups in total. The zero-order valence-corrected chi connectivity index (χ0v) is 10.7. The third-order valence-electron chi connectivity index (χ3n) is 2.25. The van der Waals surface area contributed by atoms with E-state index in [0.29, 0.717) is 19.6 Å². The topological polar surface area (TPSA) is 79.2 Å². The van der Waals surface area contributed by atoms with Gasteiger partial charge in [0.2, 0.25) is 5.91 Å². The molecule has 0 radical (unpaired) electrons. The average molecular weight is 240 g/mol. The maximum absolute atomic E-state index is 11.5. The van der Waals surface area contributed by atoms with Gasteiger partial charge in [0.1, 0.15) is 5.92 Å². The Morgan fingerprint density at radius 2 is 2.06 bits per heavy atom. The zero-order chi connectivity index (χ0) is 13.3. The molecule has 0 spiro atoms. The first-order valence-corrected chi connectivity index (χ1v) is 5.85. The van der Waals surface area contributed by atoms with E-state index in [1.54, 1.807) is 6.92 Å². The van der Waals surface area contributed by atoms with Gasteiger partial charge in [-0.05, 0) is 19.3 Å². The molecule has 0 fully saturated rings. The van der Waals surface area contributed by atoms with Gasteiger partial charge < -0.3 is 10.1 Å². The van der Waals surface area contributed by atoms with E-state index in [0.717, 1.165) is 0 Å². The van der Waals surface area contributed by atoms with Gasteiger partial charge in [0.15, 0.2) is 0 Å². The summed E-state index contributed by atoms with van der Waals surface area (Å²) in [5.74, 6) is -1.17. The molecule has 1 amide bonds. The lowest BCUT2D eigenvalue weighted by atomic mass is 9.97. The van der Waals surface area contributed by atoms with Crippen molar-refractivity contribution >= 4 is 11.9 Å². The maximum atomic E-state index is 11.5. The van der Waals surface area contributed by atoms with Gasteiger partial charge in [-0.25, -0.2) is 0 Å². The lowest BCUT2D eigenvalue weighted by Gasteiger charge is -2.12. The predicted octanol–water partition coefficient (Wildman–Crippen LogP) is 1.24. The maximum Gasteiger partial charge on any atom is 0.305 e. The van der Waals surface area contributed by atoms with Crippen molar-refractivity contribution in [1.29, 1.82) is 5.26 Å². The number of rotatable bonds is 7. The Morgan fingerprint density at radius 3 is 2.53 bits per heavy atom. The van der Waals surface area contributed by atoms with Gasteiger partial charge >= 0.3 is 5.97 Å². The summed E-state index contributed by atoms with van der Waals surface area (Å²) >= 11 is 0. The predicted molar refractivity (Wildman–Crippen MR) is 62.8 cm³/mol. The zero-order valence-electron chi connectivity index (χ0n) is 10.7. The normalized spacial score (nSPS) is 11.7. The molecule has 0 aliphatic heterocycles. The Hall–Kier alpha value is -1.57. The van der Waals surface area contributed by atoms with E-state index in [2.05, 4.69) is 5.32 Å². The van der Waals surface area contributed by atoms with Gasteiger partial charge in [0.25, 0.3) is 0 Å². The summed E-state index contributed by atoms with van der Waals surface area (Å²) in [4.78, 5) is 22.5. The van der Waals surface area contributed by atoms with Crippen LogP contribution in [0.15, 0.2) is 0 Å². The first-order chi connectivity index (χ1) is 8.02. The van der Waals surface area contributed by atoms with Gasteiger partial charge in [-0.2, -0.15) is 5.26 Å². The molecule has 0 aromatic rings. The second-order valence-electron chi connectivity index (χ2n) is 4.05. The summed E-state index contributed by atoms with van der Waals surface area (Å²) < 4.78 is 4.75. The summed E-state index contributed by atoms with van der Waals surface area (Å²) in [6.07, 6.45) is 0.813. The molecule has 0 aromatic heterocycles. The fraction of sp³-hybridized carbons (Fsp3) is 0.750. The Balaban J connectivity index is 3.79. The van der Waals surface area contributed by atoms with Crippen LogP contribution in [0.25, 0.3) is 0 Å². The van der Waals surface area contributed by atoms with Crippen LogP contribution in [0.1, 0.15) is 33.6 Å². The van der Waals surface area contributed by atoms with Gasteiger partial charge in [-0.15, -0.1) is 0 Å². The minimum atomic E-state index is -0.627. The summed E-state index contributed by atoms with van der Waals surface area (Å²) in [6.45, 7) is 6.16. The number of hydrogen-bond donors (Lipinski definition) is 1. The molecule has 0 rings (SSSR count). The van der Waals surface area contributed by atoms with Crippen LogP contribution in [0.2, 0.25) is 0 Å². The van der Waals surface area contributed by atoms with Crippen molar-refractivity contribution in [1.82, 2.24) is 5.32 Å². The van der Waals surface area contributed by atoms with Crippen molar-refractivity contribution in [3.8, 4) is 6.07 Å². The number of nitrogens with one attached hydrogen (secondary N) is 1. The van der Waals surface area contributed by atoms with Gasteiger partial charge in [-0.3, -0.25) is 9.59 Å². The molecule has 5 nitrogen and oxygen atoms in total. The second-order valence-corrected chi connectivity index (χ2v) is 4.05. The highest BCUT2D eigenvalue weighted by atomic mass is 16.5. The molecule has 17 heavy (non-hydrogen) atoms. The minimum Gasteiger partial charge on any atom is -0.466 e. The SMILES string of the molecule is CCOC(=O)CCCNC(=O)C(C#N)C(C)C. The number of nitriles is 1. The van der Waals surface area contributed by atoms with E-state index < -0.39 is 5.92 Å². The molecule has 0 saturated heterocycles. The van der Waals surface area contributed by atoms with E-state index in [1.807, 2.05) is 19.9 Å². The molecular weight excluding hydrogens is 220 g/mol. The number of hydrogen-bond acceptors (Lipinski definition) is 4. The fourth-order valence-corrected chi connectivity index (χ4v) is 1.30. The van der Waals surface area contributed by atoms with Crippen molar-refractivity contribution in [2.75, 3.05) is 13.2 Å². The van der Waals surface area contributed by atoms with Crippen molar-refractivity contribution in [2.24, 2.45) is 11.8 Å².